The number of anilines is 1. The zero-order valence-corrected chi connectivity index (χ0v) is 12.5. The van der Waals surface area contributed by atoms with Gasteiger partial charge in [-0.05, 0) is 42.7 Å². The van der Waals surface area contributed by atoms with Crippen molar-refractivity contribution in [3.05, 3.63) is 64.6 Å². The van der Waals surface area contributed by atoms with Crippen molar-refractivity contribution < 1.29 is 4.79 Å². The second-order valence-corrected chi connectivity index (χ2v) is 5.95. The van der Waals surface area contributed by atoms with Crippen molar-refractivity contribution in [3.8, 4) is 0 Å². The van der Waals surface area contributed by atoms with Crippen molar-refractivity contribution in [1.82, 2.24) is 5.32 Å². The molecule has 0 aromatic heterocycles. The molecule has 2 aromatic rings. The van der Waals surface area contributed by atoms with E-state index in [1.54, 1.807) is 0 Å². The number of carbonyl (C=O) groups excluding carboxylic acids is 1. The summed E-state index contributed by atoms with van der Waals surface area (Å²) in [4.78, 5) is 12.1. The van der Waals surface area contributed by atoms with Crippen molar-refractivity contribution in [2.24, 2.45) is 0 Å². The highest BCUT2D eigenvalue weighted by Gasteiger charge is 2.45. The average Bonchev–Trinajstić information content (AvgIpc) is 3.20. The van der Waals surface area contributed by atoms with E-state index in [4.69, 9.17) is 0 Å². The standard InChI is InChI=1S/C16H15BrN2O/c17-13-6-4-5-12(11-13)16(9-10-16)19-15(20)18-14-7-2-1-3-8-14/h1-8,11H,9-10H2,(H2,18,19,20). The number of benzene rings is 2. The van der Waals surface area contributed by atoms with E-state index in [0.717, 1.165) is 28.6 Å². The minimum Gasteiger partial charge on any atom is -0.328 e. The van der Waals surface area contributed by atoms with Gasteiger partial charge in [-0.15, -0.1) is 0 Å². The summed E-state index contributed by atoms with van der Waals surface area (Å²) >= 11 is 3.47. The van der Waals surface area contributed by atoms with E-state index in [1.807, 2.05) is 42.5 Å². The highest BCUT2D eigenvalue weighted by Crippen LogP contribution is 2.46. The number of rotatable bonds is 3. The van der Waals surface area contributed by atoms with Crippen molar-refractivity contribution in [2.45, 2.75) is 18.4 Å². The van der Waals surface area contributed by atoms with Gasteiger partial charge in [0.15, 0.2) is 0 Å². The van der Waals surface area contributed by atoms with Crippen LogP contribution >= 0.6 is 15.9 Å². The van der Waals surface area contributed by atoms with E-state index in [-0.39, 0.29) is 11.6 Å². The lowest BCUT2D eigenvalue weighted by Gasteiger charge is -2.18. The topological polar surface area (TPSA) is 41.1 Å². The maximum absolute atomic E-state index is 12.1. The molecule has 0 bridgehead atoms. The number of carbonyl (C=O) groups is 1. The third-order valence-corrected chi connectivity index (χ3v) is 4.00. The first-order valence-electron chi connectivity index (χ1n) is 6.58. The summed E-state index contributed by atoms with van der Waals surface area (Å²) in [7, 11) is 0. The zero-order valence-electron chi connectivity index (χ0n) is 10.9. The molecule has 0 saturated heterocycles. The number of urea groups is 1. The maximum atomic E-state index is 12.1. The Balaban J connectivity index is 1.70. The normalized spacial score (nSPS) is 15.4. The smallest absolute Gasteiger partial charge is 0.319 e. The fourth-order valence-corrected chi connectivity index (χ4v) is 2.70. The Labute approximate surface area is 126 Å². The molecule has 2 N–H and O–H groups in total. The molecule has 2 aromatic carbocycles. The molecule has 0 unspecified atom stereocenters. The summed E-state index contributed by atoms with van der Waals surface area (Å²) < 4.78 is 1.03. The van der Waals surface area contributed by atoms with E-state index in [9.17, 15) is 4.79 Å². The Morgan fingerprint density at radius 3 is 2.45 bits per heavy atom. The Hall–Kier alpha value is -1.81. The van der Waals surface area contributed by atoms with E-state index in [1.165, 1.54) is 0 Å². The molecule has 0 spiro atoms. The summed E-state index contributed by atoms with van der Waals surface area (Å²) in [5, 5.41) is 5.95. The van der Waals surface area contributed by atoms with Crippen molar-refractivity contribution >= 4 is 27.6 Å². The molecular formula is C16H15BrN2O. The molecule has 3 rings (SSSR count). The van der Waals surface area contributed by atoms with Gasteiger partial charge in [0, 0.05) is 10.2 Å². The van der Waals surface area contributed by atoms with Crippen molar-refractivity contribution in [1.29, 1.82) is 0 Å². The second kappa shape index (κ2) is 5.29. The predicted octanol–water partition coefficient (Wildman–Crippen LogP) is 4.26. The monoisotopic (exact) mass is 330 g/mol. The molecule has 102 valence electrons. The number of halogens is 1. The molecule has 1 saturated carbocycles. The molecule has 4 heteroatoms. The highest BCUT2D eigenvalue weighted by atomic mass is 79.9. The summed E-state index contributed by atoms with van der Waals surface area (Å²) in [6.07, 6.45) is 1.96. The van der Waals surface area contributed by atoms with Gasteiger partial charge < -0.3 is 10.6 Å². The van der Waals surface area contributed by atoms with Gasteiger partial charge in [-0.3, -0.25) is 0 Å². The maximum Gasteiger partial charge on any atom is 0.319 e. The predicted molar refractivity (Wildman–Crippen MR) is 83.7 cm³/mol. The zero-order chi connectivity index (χ0) is 14.0. The van der Waals surface area contributed by atoms with Crippen LogP contribution in [0.3, 0.4) is 0 Å². The summed E-state index contributed by atoms with van der Waals surface area (Å²) in [6, 6.07) is 17.4. The van der Waals surface area contributed by atoms with Gasteiger partial charge in [0.2, 0.25) is 0 Å². The molecule has 3 nitrogen and oxygen atoms in total. The lowest BCUT2D eigenvalue weighted by Crippen LogP contribution is -2.38. The third kappa shape index (κ3) is 2.85. The third-order valence-electron chi connectivity index (χ3n) is 3.51. The molecule has 0 heterocycles. The van der Waals surface area contributed by atoms with Crippen LogP contribution in [0.25, 0.3) is 0 Å². The number of nitrogens with one attached hydrogen (secondary N) is 2. The first-order chi connectivity index (χ1) is 9.68. The molecule has 1 aliphatic rings. The molecule has 20 heavy (non-hydrogen) atoms. The van der Waals surface area contributed by atoms with Gasteiger partial charge in [-0.1, -0.05) is 46.3 Å². The molecule has 0 radical (unpaired) electrons. The number of para-hydroxylation sites is 1. The SMILES string of the molecule is O=C(Nc1ccccc1)NC1(c2cccc(Br)c2)CC1. The van der Waals surface area contributed by atoms with Gasteiger partial charge in [-0.25, -0.2) is 4.79 Å². The van der Waals surface area contributed by atoms with E-state index < -0.39 is 0 Å². The fraction of sp³-hybridized carbons (Fsp3) is 0.188. The Morgan fingerprint density at radius 1 is 1.05 bits per heavy atom. The first-order valence-corrected chi connectivity index (χ1v) is 7.38. The van der Waals surface area contributed by atoms with Crippen molar-refractivity contribution in [2.75, 3.05) is 5.32 Å². The minimum absolute atomic E-state index is 0.159. The second-order valence-electron chi connectivity index (χ2n) is 5.04. The Morgan fingerprint density at radius 2 is 1.80 bits per heavy atom. The average molecular weight is 331 g/mol. The highest BCUT2D eigenvalue weighted by molar-refractivity contribution is 9.10. The Kier molecular flexibility index (Phi) is 3.49. The van der Waals surface area contributed by atoms with Crippen LogP contribution in [0.4, 0.5) is 10.5 Å². The van der Waals surface area contributed by atoms with Gasteiger partial charge in [0.25, 0.3) is 0 Å². The number of amides is 2. The first kappa shape index (κ1) is 13.2. The number of hydrogen-bond donors (Lipinski definition) is 2. The lowest BCUT2D eigenvalue weighted by molar-refractivity contribution is 0.247. The van der Waals surface area contributed by atoms with Crippen molar-refractivity contribution in [3.63, 3.8) is 0 Å². The lowest BCUT2D eigenvalue weighted by atomic mass is 10.1. The van der Waals surface area contributed by atoms with Gasteiger partial charge in [-0.2, -0.15) is 0 Å². The van der Waals surface area contributed by atoms with Crippen LogP contribution in [0, 0.1) is 0 Å². The molecule has 1 fully saturated rings. The van der Waals surface area contributed by atoms with Gasteiger partial charge >= 0.3 is 6.03 Å². The van der Waals surface area contributed by atoms with Crippen LogP contribution in [0.2, 0.25) is 0 Å². The van der Waals surface area contributed by atoms with E-state index >= 15 is 0 Å². The fourth-order valence-electron chi connectivity index (χ4n) is 2.30. The molecular weight excluding hydrogens is 316 g/mol. The quantitative estimate of drug-likeness (QED) is 0.867. The largest absolute Gasteiger partial charge is 0.328 e. The molecule has 2 amide bonds. The molecule has 1 aliphatic carbocycles. The van der Waals surface area contributed by atoms with Crippen LogP contribution in [-0.4, -0.2) is 6.03 Å². The van der Waals surface area contributed by atoms with Gasteiger partial charge in [0.1, 0.15) is 0 Å². The minimum atomic E-state index is -0.206. The summed E-state index contributed by atoms with van der Waals surface area (Å²) in [5.74, 6) is 0. The summed E-state index contributed by atoms with van der Waals surface area (Å²) in [5.41, 5.74) is 1.74. The summed E-state index contributed by atoms with van der Waals surface area (Å²) in [6.45, 7) is 0. The van der Waals surface area contributed by atoms with E-state index in [2.05, 4.69) is 38.7 Å². The number of hydrogen-bond acceptors (Lipinski definition) is 1. The van der Waals surface area contributed by atoms with Crippen LogP contribution < -0.4 is 10.6 Å². The van der Waals surface area contributed by atoms with Crippen LogP contribution in [0.5, 0.6) is 0 Å². The Bertz CT molecular complexity index is 623. The van der Waals surface area contributed by atoms with Gasteiger partial charge in [0.05, 0.1) is 5.54 Å². The molecule has 0 aliphatic heterocycles. The van der Waals surface area contributed by atoms with E-state index in [0.29, 0.717) is 0 Å². The van der Waals surface area contributed by atoms with Crippen LogP contribution in [-0.2, 0) is 5.54 Å². The van der Waals surface area contributed by atoms with Crippen LogP contribution in [0.15, 0.2) is 59.1 Å². The van der Waals surface area contributed by atoms with Crippen LogP contribution in [0.1, 0.15) is 18.4 Å². The molecule has 0 atom stereocenters.